The predicted octanol–water partition coefficient (Wildman–Crippen LogP) is 0.597. The molecule has 0 aliphatic carbocycles. The summed E-state index contributed by atoms with van der Waals surface area (Å²) in [7, 11) is -3.68. The van der Waals surface area contributed by atoms with E-state index in [1.165, 1.54) is 18.5 Å². The second kappa shape index (κ2) is 5.37. The number of hydrogen-bond acceptors (Lipinski definition) is 4. The summed E-state index contributed by atoms with van der Waals surface area (Å²) in [4.78, 5) is 13.9. The zero-order valence-corrected chi connectivity index (χ0v) is 10.5. The Morgan fingerprint density at radius 3 is 2.75 bits per heavy atom. The van der Waals surface area contributed by atoms with E-state index in [1.807, 2.05) is 0 Å². The van der Waals surface area contributed by atoms with Gasteiger partial charge in [-0.3, -0.25) is 9.78 Å². The Hall–Kier alpha value is -0.990. The maximum atomic E-state index is 11.6. The third-order valence-electron chi connectivity index (χ3n) is 1.62. The average Bonchev–Trinajstić information content (AvgIpc) is 2.16. The van der Waals surface area contributed by atoms with E-state index >= 15 is 0 Å². The second-order valence-electron chi connectivity index (χ2n) is 2.88. The van der Waals surface area contributed by atoms with E-state index < -0.39 is 16.0 Å². The number of sulfonamides is 1. The van der Waals surface area contributed by atoms with Crippen molar-refractivity contribution in [1.29, 1.82) is 0 Å². The molecule has 0 bridgehead atoms. The topological polar surface area (TPSA) is 96.4 Å². The van der Waals surface area contributed by atoms with Gasteiger partial charge in [0, 0.05) is 23.4 Å². The van der Waals surface area contributed by atoms with Gasteiger partial charge in [-0.1, -0.05) is 0 Å². The van der Waals surface area contributed by atoms with E-state index in [9.17, 15) is 13.2 Å². The molecule has 0 aromatic carbocycles. The molecule has 8 heteroatoms. The number of nitrogens with zero attached hydrogens (tertiary/aromatic N) is 1. The Morgan fingerprint density at radius 2 is 2.19 bits per heavy atom. The summed E-state index contributed by atoms with van der Waals surface area (Å²) >= 11 is 3.10. The highest BCUT2D eigenvalue weighted by molar-refractivity contribution is 9.10. The van der Waals surface area contributed by atoms with Crippen molar-refractivity contribution in [1.82, 2.24) is 9.71 Å². The fraction of sp³-hybridized carbons (Fsp3) is 0.250. The van der Waals surface area contributed by atoms with Gasteiger partial charge in [0.15, 0.2) is 0 Å². The van der Waals surface area contributed by atoms with Crippen molar-refractivity contribution in [3.8, 4) is 0 Å². The maximum absolute atomic E-state index is 11.6. The SMILES string of the molecule is O=C(O)CCNS(=O)(=O)c1cncc(Br)c1. The first-order valence-electron chi connectivity index (χ1n) is 4.24. The number of aromatic nitrogens is 1. The number of carboxylic acid groups (broad SMARTS) is 1. The number of carbonyl (C=O) groups is 1. The summed E-state index contributed by atoms with van der Waals surface area (Å²) in [6.45, 7) is -0.149. The van der Waals surface area contributed by atoms with Gasteiger partial charge in [-0.15, -0.1) is 0 Å². The molecule has 0 atom stereocenters. The summed E-state index contributed by atoms with van der Waals surface area (Å²) in [5.41, 5.74) is 0. The molecule has 1 rings (SSSR count). The predicted molar refractivity (Wildman–Crippen MR) is 59.4 cm³/mol. The Bertz CT molecular complexity index is 489. The highest BCUT2D eigenvalue weighted by atomic mass is 79.9. The smallest absolute Gasteiger partial charge is 0.304 e. The lowest BCUT2D eigenvalue weighted by Gasteiger charge is -2.04. The summed E-state index contributed by atoms with van der Waals surface area (Å²) < 4.78 is 25.9. The van der Waals surface area contributed by atoms with Gasteiger partial charge in [0.1, 0.15) is 4.90 Å². The van der Waals surface area contributed by atoms with Crippen molar-refractivity contribution in [3.63, 3.8) is 0 Å². The number of nitrogens with one attached hydrogen (secondary N) is 1. The van der Waals surface area contributed by atoms with Crippen molar-refractivity contribution >= 4 is 31.9 Å². The molecule has 0 aliphatic heterocycles. The molecule has 1 heterocycles. The summed E-state index contributed by atoms with van der Waals surface area (Å²) in [6.07, 6.45) is 2.38. The molecule has 1 aromatic rings. The van der Waals surface area contributed by atoms with Gasteiger partial charge in [0.2, 0.25) is 10.0 Å². The van der Waals surface area contributed by atoms with Gasteiger partial charge in [0.25, 0.3) is 0 Å². The Balaban J connectivity index is 2.74. The van der Waals surface area contributed by atoms with Crippen molar-refractivity contribution < 1.29 is 18.3 Å². The molecule has 0 unspecified atom stereocenters. The van der Waals surface area contributed by atoms with E-state index in [0.717, 1.165) is 0 Å². The van der Waals surface area contributed by atoms with Crippen LogP contribution in [-0.4, -0.2) is 31.0 Å². The van der Waals surface area contributed by atoms with E-state index in [-0.39, 0.29) is 17.9 Å². The first-order chi connectivity index (χ1) is 7.42. The van der Waals surface area contributed by atoms with Crippen molar-refractivity contribution in [3.05, 3.63) is 22.9 Å². The molecule has 0 fully saturated rings. The highest BCUT2D eigenvalue weighted by Gasteiger charge is 2.14. The third-order valence-corrected chi connectivity index (χ3v) is 3.48. The number of rotatable bonds is 5. The van der Waals surface area contributed by atoms with Crippen LogP contribution in [0.25, 0.3) is 0 Å². The molecule has 0 aliphatic rings. The number of hydrogen-bond donors (Lipinski definition) is 2. The van der Waals surface area contributed by atoms with Crippen LogP contribution in [0.3, 0.4) is 0 Å². The Kier molecular flexibility index (Phi) is 4.39. The molecule has 0 radical (unpaired) electrons. The maximum Gasteiger partial charge on any atom is 0.304 e. The van der Waals surface area contributed by atoms with Crippen LogP contribution in [0.5, 0.6) is 0 Å². The lowest BCUT2D eigenvalue weighted by molar-refractivity contribution is -0.136. The van der Waals surface area contributed by atoms with Crippen LogP contribution < -0.4 is 4.72 Å². The normalized spacial score (nSPS) is 11.3. The third kappa shape index (κ3) is 3.87. The Morgan fingerprint density at radius 1 is 1.50 bits per heavy atom. The molecule has 0 spiro atoms. The van der Waals surface area contributed by atoms with Gasteiger partial charge in [-0.25, -0.2) is 13.1 Å². The highest BCUT2D eigenvalue weighted by Crippen LogP contribution is 2.13. The quantitative estimate of drug-likeness (QED) is 0.830. The minimum Gasteiger partial charge on any atom is -0.481 e. The van der Waals surface area contributed by atoms with Crippen LogP contribution in [0.4, 0.5) is 0 Å². The van der Waals surface area contributed by atoms with E-state index in [4.69, 9.17) is 5.11 Å². The van der Waals surface area contributed by atoms with Crippen LogP contribution in [0, 0.1) is 0 Å². The molecule has 0 saturated heterocycles. The number of aliphatic carboxylic acids is 1. The van der Waals surface area contributed by atoms with Crippen LogP contribution in [0.15, 0.2) is 27.8 Å². The first-order valence-corrected chi connectivity index (χ1v) is 6.51. The lowest BCUT2D eigenvalue weighted by Crippen LogP contribution is -2.26. The zero-order valence-electron chi connectivity index (χ0n) is 8.05. The van der Waals surface area contributed by atoms with Crippen molar-refractivity contribution in [2.75, 3.05) is 6.54 Å². The monoisotopic (exact) mass is 308 g/mol. The minimum atomic E-state index is -3.68. The van der Waals surface area contributed by atoms with Crippen LogP contribution in [0.2, 0.25) is 0 Å². The molecule has 0 saturated carbocycles. The summed E-state index contributed by atoms with van der Waals surface area (Å²) in [5, 5.41) is 8.37. The summed E-state index contributed by atoms with van der Waals surface area (Å²) in [6, 6.07) is 1.39. The van der Waals surface area contributed by atoms with Crippen LogP contribution in [0.1, 0.15) is 6.42 Å². The van der Waals surface area contributed by atoms with E-state index in [1.54, 1.807) is 0 Å². The van der Waals surface area contributed by atoms with Gasteiger partial charge in [0.05, 0.1) is 6.42 Å². The molecule has 0 amide bonds. The van der Waals surface area contributed by atoms with Gasteiger partial charge in [-0.05, 0) is 22.0 Å². The van der Waals surface area contributed by atoms with Crippen molar-refractivity contribution in [2.24, 2.45) is 0 Å². The van der Waals surface area contributed by atoms with Crippen LogP contribution in [-0.2, 0) is 14.8 Å². The lowest BCUT2D eigenvalue weighted by atomic mass is 10.5. The van der Waals surface area contributed by atoms with E-state index in [2.05, 4.69) is 25.6 Å². The molecule has 2 N–H and O–H groups in total. The molecular weight excluding hydrogens is 300 g/mol. The first kappa shape index (κ1) is 13.1. The molecule has 1 aromatic heterocycles. The average molecular weight is 309 g/mol. The second-order valence-corrected chi connectivity index (χ2v) is 5.56. The molecule has 6 nitrogen and oxygen atoms in total. The molecule has 16 heavy (non-hydrogen) atoms. The fourth-order valence-electron chi connectivity index (χ4n) is 0.915. The summed E-state index contributed by atoms with van der Waals surface area (Å²) in [5.74, 6) is -1.06. The van der Waals surface area contributed by atoms with Crippen LogP contribution >= 0.6 is 15.9 Å². The largest absolute Gasteiger partial charge is 0.481 e. The van der Waals surface area contributed by atoms with Crippen molar-refractivity contribution in [2.45, 2.75) is 11.3 Å². The molecule has 88 valence electrons. The van der Waals surface area contributed by atoms with Gasteiger partial charge in [-0.2, -0.15) is 0 Å². The Labute approximate surface area is 101 Å². The number of halogens is 1. The number of carboxylic acids is 1. The number of pyridine rings is 1. The van der Waals surface area contributed by atoms with E-state index in [0.29, 0.717) is 4.47 Å². The van der Waals surface area contributed by atoms with Gasteiger partial charge < -0.3 is 5.11 Å². The fourth-order valence-corrected chi connectivity index (χ4v) is 2.45. The minimum absolute atomic E-state index is 0.00716. The van der Waals surface area contributed by atoms with Gasteiger partial charge >= 0.3 is 5.97 Å². The standard InChI is InChI=1S/C8H9BrN2O4S/c9-6-3-7(5-10-4-6)16(14,15)11-2-1-8(12)13/h3-5,11H,1-2H2,(H,12,13). The molecular formula is C8H9BrN2O4S. The zero-order chi connectivity index (χ0) is 12.2.